The van der Waals surface area contributed by atoms with Crippen LogP contribution in [0.3, 0.4) is 0 Å². The molecule has 0 radical (unpaired) electrons. The Morgan fingerprint density at radius 2 is 2.47 bits per heavy atom. The molecular weight excluding hydrogens is 222 g/mol. The SMILES string of the molecule is Nc1ccc(C(=O)N2CCO[C@H](CO)C2)nc1. The average Bonchev–Trinajstić information content (AvgIpc) is 2.39. The molecular formula is C11H15N3O3. The molecule has 3 N–H and O–H groups in total. The van der Waals surface area contributed by atoms with Crippen LogP contribution >= 0.6 is 0 Å². The zero-order chi connectivity index (χ0) is 12.3. The number of rotatable bonds is 2. The van der Waals surface area contributed by atoms with E-state index in [0.29, 0.717) is 31.1 Å². The predicted molar refractivity (Wildman–Crippen MR) is 61.4 cm³/mol. The van der Waals surface area contributed by atoms with Crippen LogP contribution in [0.4, 0.5) is 5.69 Å². The van der Waals surface area contributed by atoms with Crippen molar-refractivity contribution in [2.45, 2.75) is 6.10 Å². The Hall–Kier alpha value is -1.66. The Bertz CT molecular complexity index is 393. The lowest BCUT2D eigenvalue weighted by Crippen LogP contribution is -2.47. The summed E-state index contributed by atoms with van der Waals surface area (Å²) in [5, 5.41) is 9.00. The molecule has 1 amide bonds. The fourth-order valence-corrected chi connectivity index (χ4v) is 1.71. The molecule has 1 atom stereocenters. The lowest BCUT2D eigenvalue weighted by molar-refractivity contribution is -0.0448. The molecule has 2 rings (SSSR count). The number of aliphatic hydroxyl groups excluding tert-OH is 1. The van der Waals surface area contributed by atoms with E-state index in [0.717, 1.165) is 0 Å². The minimum atomic E-state index is -0.304. The van der Waals surface area contributed by atoms with Gasteiger partial charge in [0, 0.05) is 13.1 Å². The van der Waals surface area contributed by atoms with Crippen molar-refractivity contribution in [3.63, 3.8) is 0 Å². The van der Waals surface area contributed by atoms with Crippen LogP contribution in [0.2, 0.25) is 0 Å². The Morgan fingerprint density at radius 3 is 3.12 bits per heavy atom. The maximum atomic E-state index is 12.1. The Kier molecular flexibility index (Phi) is 3.55. The van der Waals surface area contributed by atoms with Gasteiger partial charge in [0.25, 0.3) is 5.91 Å². The summed E-state index contributed by atoms with van der Waals surface area (Å²) in [7, 11) is 0. The summed E-state index contributed by atoms with van der Waals surface area (Å²) < 4.78 is 5.28. The second-order valence-corrected chi connectivity index (χ2v) is 3.90. The molecule has 0 unspecified atom stereocenters. The molecule has 92 valence electrons. The Balaban J connectivity index is 2.06. The lowest BCUT2D eigenvalue weighted by atomic mass is 10.2. The van der Waals surface area contributed by atoms with Crippen LogP contribution in [0.5, 0.6) is 0 Å². The molecule has 0 bridgehead atoms. The van der Waals surface area contributed by atoms with Gasteiger partial charge in [-0.25, -0.2) is 4.98 Å². The second-order valence-electron chi connectivity index (χ2n) is 3.90. The van der Waals surface area contributed by atoms with Crippen LogP contribution in [-0.4, -0.2) is 53.3 Å². The average molecular weight is 237 g/mol. The molecule has 0 aliphatic carbocycles. The maximum Gasteiger partial charge on any atom is 0.272 e. The molecule has 1 saturated heterocycles. The smallest absolute Gasteiger partial charge is 0.272 e. The van der Waals surface area contributed by atoms with Crippen molar-refractivity contribution in [1.82, 2.24) is 9.88 Å². The zero-order valence-corrected chi connectivity index (χ0v) is 9.37. The van der Waals surface area contributed by atoms with Crippen molar-refractivity contribution < 1.29 is 14.6 Å². The zero-order valence-electron chi connectivity index (χ0n) is 9.37. The number of aromatic nitrogens is 1. The van der Waals surface area contributed by atoms with Crippen molar-refractivity contribution in [2.75, 3.05) is 32.0 Å². The van der Waals surface area contributed by atoms with E-state index in [1.54, 1.807) is 17.0 Å². The van der Waals surface area contributed by atoms with Gasteiger partial charge in [-0.05, 0) is 12.1 Å². The molecule has 1 aliphatic heterocycles. The van der Waals surface area contributed by atoms with Gasteiger partial charge in [-0.2, -0.15) is 0 Å². The first-order valence-electron chi connectivity index (χ1n) is 5.44. The van der Waals surface area contributed by atoms with Crippen LogP contribution in [0.1, 0.15) is 10.5 Å². The topological polar surface area (TPSA) is 88.7 Å². The standard InChI is InChI=1S/C11H15N3O3/c12-8-1-2-10(13-5-8)11(16)14-3-4-17-9(6-14)7-15/h1-2,5,9,15H,3-4,6-7,12H2/t9-/m0/s1. The van der Waals surface area contributed by atoms with Crippen molar-refractivity contribution in [1.29, 1.82) is 0 Å². The van der Waals surface area contributed by atoms with E-state index in [2.05, 4.69) is 4.98 Å². The minimum Gasteiger partial charge on any atom is -0.397 e. The van der Waals surface area contributed by atoms with Crippen LogP contribution < -0.4 is 5.73 Å². The summed E-state index contributed by atoms with van der Waals surface area (Å²) in [5.41, 5.74) is 6.39. The molecule has 1 aromatic heterocycles. The third kappa shape index (κ3) is 2.72. The molecule has 6 nitrogen and oxygen atoms in total. The highest BCUT2D eigenvalue weighted by Gasteiger charge is 2.25. The quantitative estimate of drug-likeness (QED) is 0.723. The highest BCUT2D eigenvalue weighted by molar-refractivity contribution is 5.92. The number of nitrogen functional groups attached to an aromatic ring is 1. The highest BCUT2D eigenvalue weighted by Crippen LogP contribution is 2.10. The molecule has 6 heteroatoms. The molecule has 1 fully saturated rings. The monoisotopic (exact) mass is 237 g/mol. The van der Waals surface area contributed by atoms with Crippen molar-refractivity contribution in [3.8, 4) is 0 Å². The lowest BCUT2D eigenvalue weighted by Gasteiger charge is -2.31. The normalized spacial score (nSPS) is 20.3. The molecule has 0 spiro atoms. The number of carbonyl (C=O) groups excluding carboxylic acids is 1. The van der Waals surface area contributed by atoms with Crippen molar-refractivity contribution in [3.05, 3.63) is 24.0 Å². The molecule has 2 heterocycles. The molecule has 1 aliphatic rings. The van der Waals surface area contributed by atoms with Gasteiger partial charge < -0.3 is 20.5 Å². The maximum absolute atomic E-state index is 12.1. The summed E-state index contributed by atoms with van der Waals surface area (Å²) in [6, 6.07) is 3.24. The van der Waals surface area contributed by atoms with E-state index < -0.39 is 0 Å². The van der Waals surface area contributed by atoms with Gasteiger partial charge in [0.15, 0.2) is 0 Å². The van der Waals surface area contributed by atoms with Gasteiger partial charge in [0.05, 0.1) is 31.2 Å². The van der Waals surface area contributed by atoms with Crippen molar-refractivity contribution >= 4 is 11.6 Å². The predicted octanol–water partition coefficient (Wildman–Crippen LogP) is -0.503. The second kappa shape index (κ2) is 5.11. The summed E-state index contributed by atoms with van der Waals surface area (Å²) in [4.78, 5) is 17.7. The van der Waals surface area contributed by atoms with Crippen LogP contribution in [0.15, 0.2) is 18.3 Å². The number of pyridine rings is 1. The number of hydrogen-bond acceptors (Lipinski definition) is 5. The van der Waals surface area contributed by atoms with Gasteiger partial charge in [-0.15, -0.1) is 0 Å². The van der Waals surface area contributed by atoms with Gasteiger partial charge in [-0.3, -0.25) is 4.79 Å². The number of nitrogens with zero attached hydrogens (tertiary/aromatic N) is 2. The number of aliphatic hydroxyl groups is 1. The van der Waals surface area contributed by atoms with Gasteiger partial charge in [0.1, 0.15) is 5.69 Å². The Labute approximate surface area is 99.0 Å². The molecule has 17 heavy (non-hydrogen) atoms. The third-order valence-electron chi connectivity index (χ3n) is 2.64. The Morgan fingerprint density at radius 1 is 1.65 bits per heavy atom. The first-order chi connectivity index (χ1) is 8.20. The summed E-state index contributed by atoms with van der Waals surface area (Å²) in [5.74, 6) is -0.160. The number of ether oxygens (including phenoxy) is 1. The van der Waals surface area contributed by atoms with Gasteiger partial charge in [0.2, 0.25) is 0 Å². The summed E-state index contributed by atoms with van der Waals surface area (Å²) >= 11 is 0. The number of anilines is 1. The minimum absolute atomic E-state index is 0.0844. The fraction of sp³-hybridized carbons (Fsp3) is 0.455. The largest absolute Gasteiger partial charge is 0.397 e. The number of nitrogens with two attached hydrogens (primary N) is 1. The molecule has 0 aromatic carbocycles. The van der Waals surface area contributed by atoms with E-state index in [4.69, 9.17) is 15.6 Å². The van der Waals surface area contributed by atoms with Gasteiger partial charge >= 0.3 is 0 Å². The fourth-order valence-electron chi connectivity index (χ4n) is 1.71. The number of hydrogen-bond donors (Lipinski definition) is 2. The van der Waals surface area contributed by atoms with Crippen LogP contribution in [-0.2, 0) is 4.74 Å². The van der Waals surface area contributed by atoms with E-state index in [-0.39, 0.29) is 18.6 Å². The number of morpholine rings is 1. The molecule has 1 aromatic rings. The first-order valence-corrected chi connectivity index (χ1v) is 5.44. The van der Waals surface area contributed by atoms with E-state index in [1.165, 1.54) is 6.20 Å². The van der Waals surface area contributed by atoms with Crippen LogP contribution in [0, 0.1) is 0 Å². The molecule has 0 saturated carbocycles. The first kappa shape index (κ1) is 11.8. The van der Waals surface area contributed by atoms with Crippen molar-refractivity contribution in [2.24, 2.45) is 0 Å². The van der Waals surface area contributed by atoms with Crippen LogP contribution in [0.25, 0.3) is 0 Å². The third-order valence-corrected chi connectivity index (χ3v) is 2.64. The van der Waals surface area contributed by atoms with Gasteiger partial charge in [-0.1, -0.05) is 0 Å². The summed E-state index contributed by atoms with van der Waals surface area (Å²) in [6.45, 7) is 1.26. The highest BCUT2D eigenvalue weighted by atomic mass is 16.5. The van der Waals surface area contributed by atoms with E-state index >= 15 is 0 Å². The van der Waals surface area contributed by atoms with E-state index in [1.807, 2.05) is 0 Å². The van der Waals surface area contributed by atoms with E-state index in [9.17, 15) is 4.79 Å². The summed E-state index contributed by atoms with van der Waals surface area (Å²) in [6.07, 6.45) is 1.15. The number of amides is 1. The number of carbonyl (C=O) groups is 1.